The van der Waals surface area contributed by atoms with Crippen molar-refractivity contribution in [3.8, 4) is 5.75 Å². The number of anilines is 2. The molecule has 206 valence electrons. The predicted molar refractivity (Wildman–Crippen MR) is 163 cm³/mol. The number of halogens is 1. The number of rotatable bonds is 9. The van der Waals surface area contributed by atoms with Gasteiger partial charge in [-0.2, -0.15) is 0 Å². The second-order valence-electron chi connectivity index (χ2n) is 9.64. The molecular weight excluding hydrogens is 542 g/mol. The highest BCUT2D eigenvalue weighted by Gasteiger charge is 2.22. The van der Waals surface area contributed by atoms with Crippen LogP contribution in [0.3, 0.4) is 0 Å². The van der Waals surface area contributed by atoms with Gasteiger partial charge in [-0.05, 0) is 47.5 Å². The fourth-order valence-corrected chi connectivity index (χ4v) is 5.69. The quantitative estimate of drug-likeness (QED) is 0.138. The molecule has 0 atom stereocenters. The predicted octanol–water partition coefficient (Wildman–Crippen LogP) is 6.03. The minimum absolute atomic E-state index is 0.0602. The molecule has 1 aliphatic heterocycles. The first kappa shape index (κ1) is 27.8. The molecule has 3 aromatic carbocycles. The van der Waals surface area contributed by atoms with Crippen molar-refractivity contribution >= 4 is 40.8 Å². The molecule has 0 unspecified atom stereocenters. The highest BCUT2D eigenvalue weighted by molar-refractivity contribution is 7.98. The van der Waals surface area contributed by atoms with Gasteiger partial charge in [0.2, 0.25) is 0 Å². The van der Waals surface area contributed by atoms with E-state index in [2.05, 4.69) is 39.0 Å². The normalized spacial score (nSPS) is 13.3. The summed E-state index contributed by atoms with van der Waals surface area (Å²) in [6, 6.07) is 27.9. The van der Waals surface area contributed by atoms with Crippen LogP contribution in [0, 0.1) is 0 Å². The van der Waals surface area contributed by atoms with E-state index in [4.69, 9.17) is 21.3 Å². The van der Waals surface area contributed by atoms with Gasteiger partial charge in [-0.3, -0.25) is 4.79 Å². The molecule has 0 saturated carbocycles. The second kappa shape index (κ2) is 13.1. The Kier molecular flexibility index (Phi) is 9.08. The molecule has 1 saturated heterocycles. The summed E-state index contributed by atoms with van der Waals surface area (Å²) in [4.78, 5) is 28.7. The Labute approximate surface area is 244 Å². The van der Waals surface area contributed by atoms with E-state index < -0.39 is 0 Å². The molecule has 2 heterocycles. The van der Waals surface area contributed by atoms with Gasteiger partial charge >= 0.3 is 0 Å². The fraction of sp³-hybridized carbons (Fsp3) is 0.258. The van der Waals surface area contributed by atoms with Gasteiger partial charge < -0.3 is 19.4 Å². The van der Waals surface area contributed by atoms with Crippen LogP contribution in [0.1, 0.15) is 21.5 Å². The zero-order chi connectivity index (χ0) is 27.9. The number of carbonyl (C=O) groups excluding carboxylic acids is 1. The number of benzene rings is 3. The maximum atomic E-state index is 13.3. The second-order valence-corrected chi connectivity index (χ2v) is 11.0. The van der Waals surface area contributed by atoms with E-state index in [-0.39, 0.29) is 5.91 Å². The molecule has 0 radical (unpaired) electrons. The van der Waals surface area contributed by atoms with Crippen LogP contribution in [-0.4, -0.2) is 61.1 Å². The van der Waals surface area contributed by atoms with Gasteiger partial charge in [0.25, 0.3) is 5.91 Å². The van der Waals surface area contributed by atoms with Crippen LogP contribution in [0.4, 0.5) is 11.5 Å². The summed E-state index contributed by atoms with van der Waals surface area (Å²) in [5.41, 5.74) is 4.07. The van der Waals surface area contributed by atoms with Crippen LogP contribution in [0.25, 0.3) is 0 Å². The van der Waals surface area contributed by atoms with Crippen LogP contribution < -0.4 is 14.5 Å². The first-order valence-corrected chi connectivity index (χ1v) is 14.5. The van der Waals surface area contributed by atoms with Crippen LogP contribution in [-0.2, 0) is 12.3 Å². The number of hydrogen-bond acceptors (Lipinski definition) is 7. The third-order valence-electron chi connectivity index (χ3n) is 6.86. The lowest BCUT2D eigenvalue weighted by molar-refractivity contribution is 0.0746. The van der Waals surface area contributed by atoms with Gasteiger partial charge in [-0.1, -0.05) is 65.8 Å². The molecule has 9 heteroatoms. The minimum Gasteiger partial charge on any atom is -0.497 e. The van der Waals surface area contributed by atoms with Crippen molar-refractivity contribution in [2.24, 2.45) is 0 Å². The first-order chi connectivity index (χ1) is 19.5. The number of methoxy groups -OCH3 is 1. The number of piperazine rings is 1. The summed E-state index contributed by atoms with van der Waals surface area (Å²) >= 11 is 7.85. The van der Waals surface area contributed by atoms with Crippen molar-refractivity contribution in [1.82, 2.24) is 14.9 Å². The molecular formula is C31H32ClN5O2S. The van der Waals surface area contributed by atoms with Crippen molar-refractivity contribution in [3.05, 3.63) is 107 Å². The summed E-state index contributed by atoms with van der Waals surface area (Å²) < 4.78 is 5.26. The molecule has 40 heavy (non-hydrogen) atoms. The zero-order valence-corrected chi connectivity index (χ0v) is 24.2. The van der Waals surface area contributed by atoms with Crippen LogP contribution in [0.15, 0.2) is 90.1 Å². The average Bonchev–Trinajstić information content (AvgIpc) is 3.00. The molecule has 1 aliphatic rings. The molecule has 5 rings (SSSR count). The molecule has 0 aliphatic carbocycles. The SMILES string of the molecule is COc1ccc(N2CCN(C(=O)c3cccc(CSc4nc(Cl)cc(N(C)Cc5ccccc5)n4)c3)CC2)cc1. The Morgan fingerprint density at radius 3 is 2.38 bits per heavy atom. The van der Waals surface area contributed by atoms with Crippen molar-refractivity contribution in [2.75, 3.05) is 50.1 Å². The van der Waals surface area contributed by atoms with Gasteiger partial charge in [0, 0.05) is 62.8 Å². The lowest BCUT2D eigenvalue weighted by Gasteiger charge is -2.36. The van der Waals surface area contributed by atoms with Gasteiger partial charge in [-0.25, -0.2) is 9.97 Å². The molecule has 1 fully saturated rings. The summed E-state index contributed by atoms with van der Waals surface area (Å²) in [6.07, 6.45) is 0. The average molecular weight is 574 g/mol. The van der Waals surface area contributed by atoms with Crippen LogP contribution in [0.2, 0.25) is 5.15 Å². The number of thioether (sulfide) groups is 1. The number of nitrogens with zero attached hydrogens (tertiary/aromatic N) is 5. The Balaban J connectivity index is 1.18. The van der Waals surface area contributed by atoms with Crippen molar-refractivity contribution in [3.63, 3.8) is 0 Å². The molecule has 7 nitrogen and oxygen atoms in total. The number of ether oxygens (including phenoxy) is 1. The van der Waals surface area contributed by atoms with E-state index in [1.54, 1.807) is 13.2 Å². The lowest BCUT2D eigenvalue weighted by Crippen LogP contribution is -2.48. The zero-order valence-electron chi connectivity index (χ0n) is 22.7. The number of carbonyl (C=O) groups is 1. The van der Waals surface area contributed by atoms with Crippen molar-refractivity contribution < 1.29 is 9.53 Å². The Hall–Kier alpha value is -3.75. The van der Waals surface area contributed by atoms with Crippen LogP contribution >= 0.6 is 23.4 Å². The largest absolute Gasteiger partial charge is 0.497 e. The van der Waals surface area contributed by atoms with E-state index in [0.29, 0.717) is 34.7 Å². The number of aromatic nitrogens is 2. The van der Waals surface area contributed by atoms with Gasteiger partial charge in [0.1, 0.15) is 16.7 Å². The van der Waals surface area contributed by atoms with E-state index >= 15 is 0 Å². The molecule has 0 bridgehead atoms. The Bertz CT molecular complexity index is 1430. The summed E-state index contributed by atoms with van der Waals surface area (Å²) in [6.45, 7) is 3.66. The summed E-state index contributed by atoms with van der Waals surface area (Å²) in [7, 11) is 3.66. The monoisotopic (exact) mass is 573 g/mol. The molecule has 4 aromatic rings. The topological polar surface area (TPSA) is 61.8 Å². The Morgan fingerprint density at radius 1 is 0.925 bits per heavy atom. The third-order valence-corrected chi connectivity index (χ3v) is 7.97. The Morgan fingerprint density at radius 2 is 1.65 bits per heavy atom. The molecule has 1 aromatic heterocycles. The van der Waals surface area contributed by atoms with Gasteiger partial charge in [0.05, 0.1) is 7.11 Å². The highest BCUT2D eigenvalue weighted by Crippen LogP contribution is 2.26. The number of hydrogen-bond donors (Lipinski definition) is 0. The van der Waals surface area contributed by atoms with E-state index in [1.807, 2.05) is 66.5 Å². The molecule has 0 N–H and O–H groups in total. The maximum Gasteiger partial charge on any atom is 0.253 e. The van der Waals surface area contributed by atoms with Gasteiger partial charge in [0.15, 0.2) is 5.16 Å². The van der Waals surface area contributed by atoms with E-state index in [0.717, 1.165) is 42.5 Å². The highest BCUT2D eigenvalue weighted by atomic mass is 35.5. The standard InChI is InChI=1S/C31H32ClN5O2S/c1-35(21-23-7-4-3-5-8-23)29-20-28(32)33-31(34-29)40-22-24-9-6-10-25(19-24)30(38)37-17-15-36(16-18-37)26-11-13-27(39-2)14-12-26/h3-14,19-20H,15-18,21-22H2,1-2H3. The van der Waals surface area contributed by atoms with Gasteiger partial charge in [-0.15, -0.1) is 0 Å². The van der Waals surface area contributed by atoms with Crippen molar-refractivity contribution in [2.45, 2.75) is 17.5 Å². The first-order valence-electron chi connectivity index (χ1n) is 13.2. The molecule has 1 amide bonds. The maximum absolute atomic E-state index is 13.3. The number of amides is 1. The lowest BCUT2D eigenvalue weighted by atomic mass is 10.1. The molecule has 0 spiro atoms. The van der Waals surface area contributed by atoms with E-state index in [9.17, 15) is 4.79 Å². The van der Waals surface area contributed by atoms with E-state index in [1.165, 1.54) is 17.3 Å². The minimum atomic E-state index is 0.0602. The fourth-order valence-electron chi connectivity index (χ4n) is 4.67. The van der Waals surface area contributed by atoms with Crippen molar-refractivity contribution in [1.29, 1.82) is 0 Å². The van der Waals surface area contributed by atoms with Crippen LogP contribution in [0.5, 0.6) is 5.75 Å². The summed E-state index contributed by atoms with van der Waals surface area (Å²) in [5.74, 6) is 2.30. The smallest absolute Gasteiger partial charge is 0.253 e. The third kappa shape index (κ3) is 7.06. The summed E-state index contributed by atoms with van der Waals surface area (Å²) in [5, 5.41) is 1.01.